The average Bonchev–Trinajstić information content (AvgIpc) is 3.07. The normalized spacial score (nSPS) is 17.2. The first kappa shape index (κ1) is 11.6. The summed E-state index contributed by atoms with van der Waals surface area (Å²) in [5, 5.41) is 0. The zero-order chi connectivity index (χ0) is 11.7. The van der Waals surface area contributed by atoms with Crippen LogP contribution in [0.2, 0.25) is 0 Å². The van der Waals surface area contributed by atoms with Crippen LogP contribution < -0.4 is 16.2 Å². The van der Waals surface area contributed by atoms with Gasteiger partial charge in [0.25, 0.3) is 5.56 Å². The van der Waals surface area contributed by atoms with Crippen molar-refractivity contribution in [1.82, 2.24) is 9.97 Å². The fraction of sp³-hybridized carbons (Fsp3) is 0.600. The fourth-order valence-corrected chi connectivity index (χ4v) is 2.42. The predicted molar refractivity (Wildman–Crippen MR) is 66.5 cm³/mol. The number of nitrogens with zero attached hydrogens (tertiary/aromatic N) is 2. The van der Waals surface area contributed by atoms with E-state index < -0.39 is 0 Å². The number of hydrogen-bond donors (Lipinski definition) is 2. The highest BCUT2D eigenvalue weighted by Crippen LogP contribution is 2.36. The Morgan fingerprint density at radius 3 is 3.00 bits per heavy atom. The lowest BCUT2D eigenvalue weighted by Gasteiger charge is -2.28. The highest BCUT2D eigenvalue weighted by molar-refractivity contribution is 9.10. The Kier molecular flexibility index (Phi) is 3.30. The Morgan fingerprint density at radius 1 is 1.75 bits per heavy atom. The van der Waals surface area contributed by atoms with E-state index in [2.05, 4.69) is 25.9 Å². The summed E-state index contributed by atoms with van der Waals surface area (Å²) in [6.45, 7) is 0.585. The smallest absolute Gasteiger partial charge is 0.267 e. The monoisotopic (exact) mass is 286 g/mol. The van der Waals surface area contributed by atoms with Crippen LogP contribution in [0.4, 0.5) is 5.82 Å². The SMILES string of the molecule is CN(c1nc[nH]c(=O)c1Br)C(CN)C1CC1. The molecule has 0 radical (unpaired) electrons. The molecule has 0 aromatic carbocycles. The first-order valence-corrected chi connectivity index (χ1v) is 6.10. The molecule has 1 unspecified atom stereocenters. The van der Waals surface area contributed by atoms with Gasteiger partial charge in [0, 0.05) is 19.6 Å². The van der Waals surface area contributed by atoms with E-state index in [9.17, 15) is 4.79 Å². The lowest BCUT2D eigenvalue weighted by atomic mass is 10.1. The van der Waals surface area contributed by atoms with Gasteiger partial charge in [-0.1, -0.05) is 0 Å². The molecule has 1 fully saturated rings. The number of aromatic amines is 1. The van der Waals surface area contributed by atoms with Crippen LogP contribution in [-0.4, -0.2) is 29.6 Å². The molecule has 0 saturated heterocycles. The number of nitrogens with one attached hydrogen (secondary N) is 1. The van der Waals surface area contributed by atoms with Gasteiger partial charge in [-0.15, -0.1) is 0 Å². The summed E-state index contributed by atoms with van der Waals surface area (Å²) in [5.41, 5.74) is 5.61. The van der Waals surface area contributed by atoms with Crippen molar-refractivity contribution < 1.29 is 0 Å². The second-order valence-electron chi connectivity index (χ2n) is 4.12. The molecular formula is C10H15BrN4O. The molecule has 1 aromatic rings. The van der Waals surface area contributed by atoms with Gasteiger partial charge in [0.2, 0.25) is 0 Å². The molecule has 6 heteroatoms. The molecule has 88 valence electrons. The molecule has 0 spiro atoms. The number of anilines is 1. The van der Waals surface area contributed by atoms with E-state index in [1.165, 1.54) is 19.2 Å². The van der Waals surface area contributed by atoms with Crippen LogP contribution in [0, 0.1) is 5.92 Å². The lowest BCUT2D eigenvalue weighted by molar-refractivity contribution is 0.565. The first-order valence-electron chi connectivity index (χ1n) is 5.31. The van der Waals surface area contributed by atoms with E-state index >= 15 is 0 Å². The van der Waals surface area contributed by atoms with Crippen molar-refractivity contribution in [3.05, 3.63) is 21.2 Å². The molecule has 0 amide bonds. The maximum Gasteiger partial charge on any atom is 0.267 e. The lowest BCUT2D eigenvalue weighted by Crippen LogP contribution is -2.40. The summed E-state index contributed by atoms with van der Waals surface area (Å²) in [6, 6.07) is 0.269. The number of aromatic nitrogens is 2. The number of nitrogens with two attached hydrogens (primary N) is 1. The van der Waals surface area contributed by atoms with Gasteiger partial charge in [-0.2, -0.15) is 0 Å². The second kappa shape index (κ2) is 4.55. The summed E-state index contributed by atoms with van der Waals surface area (Å²) in [6.07, 6.45) is 3.85. The van der Waals surface area contributed by atoms with Gasteiger partial charge in [-0.3, -0.25) is 4.79 Å². The third-order valence-electron chi connectivity index (χ3n) is 3.02. The van der Waals surface area contributed by atoms with Gasteiger partial charge < -0.3 is 15.6 Å². The topological polar surface area (TPSA) is 75.0 Å². The minimum absolute atomic E-state index is 0.164. The highest BCUT2D eigenvalue weighted by atomic mass is 79.9. The van der Waals surface area contributed by atoms with Crippen molar-refractivity contribution in [3.63, 3.8) is 0 Å². The summed E-state index contributed by atoms with van der Waals surface area (Å²) in [5.74, 6) is 1.30. The van der Waals surface area contributed by atoms with Crippen molar-refractivity contribution in [3.8, 4) is 0 Å². The molecule has 5 nitrogen and oxygen atoms in total. The molecule has 3 N–H and O–H groups in total. The van der Waals surface area contributed by atoms with Crippen molar-refractivity contribution in [1.29, 1.82) is 0 Å². The fourth-order valence-electron chi connectivity index (χ4n) is 1.92. The number of rotatable bonds is 4. The van der Waals surface area contributed by atoms with Gasteiger partial charge in [0.1, 0.15) is 10.3 Å². The Labute approximate surface area is 102 Å². The number of hydrogen-bond acceptors (Lipinski definition) is 4. The highest BCUT2D eigenvalue weighted by Gasteiger charge is 2.34. The van der Waals surface area contributed by atoms with E-state index in [1.54, 1.807) is 0 Å². The predicted octanol–water partition coefficient (Wildman–Crippen LogP) is 0.706. The molecule has 16 heavy (non-hydrogen) atoms. The maximum atomic E-state index is 11.4. The molecule has 2 rings (SSSR count). The molecular weight excluding hydrogens is 272 g/mol. The third-order valence-corrected chi connectivity index (χ3v) is 3.73. The summed E-state index contributed by atoms with van der Waals surface area (Å²) in [7, 11) is 1.93. The van der Waals surface area contributed by atoms with Crippen molar-refractivity contribution in [2.24, 2.45) is 11.7 Å². The molecule has 1 saturated carbocycles. The van der Waals surface area contributed by atoms with Gasteiger partial charge in [0.05, 0.1) is 6.33 Å². The van der Waals surface area contributed by atoms with E-state index in [1.807, 2.05) is 11.9 Å². The summed E-state index contributed by atoms with van der Waals surface area (Å²) < 4.78 is 0.469. The van der Waals surface area contributed by atoms with Gasteiger partial charge in [0.15, 0.2) is 0 Å². The van der Waals surface area contributed by atoms with Gasteiger partial charge in [-0.25, -0.2) is 4.98 Å². The zero-order valence-electron chi connectivity index (χ0n) is 9.11. The Morgan fingerprint density at radius 2 is 2.44 bits per heavy atom. The molecule has 1 aliphatic carbocycles. The third kappa shape index (κ3) is 2.12. The van der Waals surface area contributed by atoms with Crippen molar-refractivity contribution in [2.45, 2.75) is 18.9 Å². The first-order chi connectivity index (χ1) is 7.65. The zero-order valence-corrected chi connectivity index (χ0v) is 10.7. The van der Waals surface area contributed by atoms with Crippen LogP contribution in [0.15, 0.2) is 15.6 Å². The minimum atomic E-state index is -0.164. The molecule has 1 atom stereocenters. The molecule has 1 heterocycles. The quantitative estimate of drug-likeness (QED) is 0.855. The maximum absolute atomic E-state index is 11.4. The molecule has 1 aromatic heterocycles. The van der Waals surface area contributed by atoms with Crippen LogP contribution in [0.25, 0.3) is 0 Å². The average molecular weight is 287 g/mol. The van der Waals surface area contributed by atoms with E-state index in [0.717, 1.165) is 0 Å². The van der Waals surface area contributed by atoms with E-state index in [0.29, 0.717) is 22.8 Å². The second-order valence-corrected chi connectivity index (χ2v) is 4.91. The van der Waals surface area contributed by atoms with Crippen LogP contribution in [0.3, 0.4) is 0 Å². The molecule has 1 aliphatic rings. The number of halogens is 1. The van der Waals surface area contributed by atoms with Crippen molar-refractivity contribution >= 4 is 21.7 Å². The number of likely N-dealkylation sites (N-methyl/N-ethyl adjacent to an activating group) is 1. The van der Waals surface area contributed by atoms with Crippen LogP contribution in [-0.2, 0) is 0 Å². The van der Waals surface area contributed by atoms with Crippen molar-refractivity contribution in [2.75, 3.05) is 18.5 Å². The van der Waals surface area contributed by atoms with Gasteiger partial charge in [-0.05, 0) is 34.7 Å². The van der Waals surface area contributed by atoms with Crippen LogP contribution in [0.5, 0.6) is 0 Å². The van der Waals surface area contributed by atoms with Crippen LogP contribution >= 0.6 is 15.9 Å². The Hall–Kier alpha value is -0.880. The minimum Gasteiger partial charge on any atom is -0.354 e. The largest absolute Gasteiger partial charge is 0.354 e. The standard InChI is InChI=1S/C10H15BrN4O/c1-15(7(4-12)6-2-3-6)9-8(11)10(16)14-5-13-9/h5-7H,2-4,12H2,1H3,(H,13,14,16). The summed E-state index contributed by atoms with van der Waals surface area (Å²) in [4.78, 5) is 20.1. The van der Waals surface area contributed by atoms with E-state index in [4.69, 9.17) is 5.73 Å². The number of H-pyrrole nitrogens is 1. The van der Waals surface area contributed by atoms with E-state index in [-0.39, 0.29) is 11.6 Å². The Bertz CT molecular complexity index is 429. The summed E-state index contributed by atoms with van der Waals surface area (Å²) >= 11 is 3.26. The van der Waals surface area contributed by atoms with Gasteiger partial charge >= 0.3 is 0 Å². The molecule has 0 bridgehead atoms. The molecule has 0 aliphatic heterocycles. The van der Waals surface area contributed by atoms with Crippen LogP contribution in [0.1, 0.15) is 12.8 Å². The Balaban J connectivity index is 2.28.